The van der Waals surface area contributed by atoms with Gasteiger partial charge in [0.1, 0.15) is 19.8 Å². The average molecular weight is 929 g/mol. The van der Waals surface area contributed by atoms with Crippen molar-refractivity contribution in [2.75, 3.05) is 71.8 Å². The van der Waals surface area contributed by atoms with E-state index in [1.165, 1.54) is 18.6 Å². The lowest BCUT2D eigenvalue weighted by Crippen LogP contribution is -2.47. The maximum atomic E-state index is 13.7. The van der Waals surface area contributed by atoms with Crippen molar-refractivity contribution >= 4 is 62.5 Å². The Balaban J connectivity index is 0.767. The zero-order valence-corrected chi connectivity index (χ0v) is 37.8. The molecule has 2 aromatic heterocycles. The van der Waals surface area contributed by atoms with Gasteiger partial charge in [-0.15, -0.1) is 0 Å². The summed E-state index contributed by atoms with van der Waals surface area (Å²) in [6.45, 7) is 4.78. The number of aromatic nitrogens is 2. The highest BCUT2D eigenvalue weighted by Crippen LogP contribution is 2.42. The minimum absolute atomic E-state index is 0.00402. The molecule has 0 saturated carbocycles. The Morgan fingerprint density at radius 3 is 2.14 bits per heavy atom. The Morgan fingerprint density at radius 2 is 1.45 bits per heavy atom. The van der Waals surface area contributed by atoms with Gasteiger partial charge in [0.25, 0.3) is 5.56 Å². The Morgan fingerprint density at radius 1 is 0.797 bits per heavy atom. The normalized spacial score (nSPS) is 17.3. The number of fused-ring (bicyclic) bond motifs is 5. The molecule has 3 aromatic rings. The van der Waals surface area contributed by atoms with Gasteiger partial charge in [0.05, 0.1) is 68.7 Å². The fourth-order valence-electron chi connectivity index (χ4n) is 7.45. The molecule has 19 heteroatoms. The molecule has 2 unspecified atom stereocenters. The summed E-state index contributed by atoms with van der Waals surface area (Å²) in [5, 5.41) is 1.65. The summed E-state index contributed by atoms with van der Waals surface area (Å²) in [4.78, 5) is 81.2. The maximum Gasteiger partial charge on any atom is 0.517 e. The highest BCUT2D eigenvalue weighted by atomic mass is 33.1. The number of hydrogen-bond acceptors (Lipinski definition) is 18. The van der Waals surface area contributed by atoms with Crippen LogP contribution in [0.25, 0.3) is 22.3 Å². The predicted molar refractivity (Wildman–Crippen MR) is 235 cm³/mol. The fraction of sp³-hybridized carbons (Fsp3) is 0.578. The number of pyridine rings is 2. The Labute approximate surface area is 379 Å². The molecule has 2 atom stereocenters. The summed E-state index contributed by atoms with van der Waals surface area (Å²) in [5.41, 5.74) is 0.446. The summed E-state index contributed by atoms with van der Waals surface area (Å²) in [6.07, 6.45) is 3.59. The maximum absolute atomic E-state index is 13.7. The van der Waals surface area contributed by atoms with Gasteiger partial charge >= 0.3 is 30.0 Å². The number of esters is 4. The first-order valence-corrected chi connectivity index (χ1v) is 24.2. The third-order valence-electron chi connectivity index (χ3n) is 10.8. The first-order chi connectivity index (χ1) is 31.2. The molecule has 6 rings (SSSR count). The molecule has 1 aromatic carbocycles. The second-order valence-corrected chi connectivity index (χ2v) is 18.0. The van der Waals surface area contributed by atoms with Gasteiger partial charge in [-0.1, -0.05) is 53.1 Å². The van der Waals surface area contributed by atoms with Crippen molar-refractivity contribution in [2.45, 2.75) is 95.1 Å². The van der Waals surface area contributed by atoms with Gasteiger partial charge in [-0.25, -0.2) is 14.6 Å². The summed E-state index contributed by atoms with van der Waals surface area (Å²) in [7, 11) is 3.91. The number of hydrogen-bond donors (Lipinski definition) is 0. The van der Waals surface area contributed by atoms with Crippen LogP contribution in [0, 0.1) is 0 Å². The summed E-state index contributed by atoms with van der Waals surface area (Å²) < 4.78 is 49.5. The standard InChI is InChI=1S/C45H56N2O15S2/c1-2-45(35-28-37-41-32(27-31-9-3-5-11-36(31)46-41)29-47(37)42(51)34(35)30-60-43(45)52)62-44(53)61-40(50)14-7-13-39(49)59-25-23-57-21-20-56-19-18-54-16-8-17-55-22-24-58-38(48)12-6-4-10-33-15-26-63-64-33/h3,5,9,11,27-28,33H,2,4,6-8,10,12-26,29-30H2,1H3. The van der Waals surface area contributed by atoms with Crippen LogP contribution < -0.4 is 5.56 Å². The van der Waals surface area contributed by atoms with Crippen molar-refractivity contribution < 1.29 is 66.6 Å². The van der Waals surface area contributed by atoms with E-state index in [4.69, 9.17) is 47.6 Å². The van der Waals surface area contributed by atoms with Crippen LogP contribution in [0.1, 0.15) is 87.8 Å². The second-order valence-electron chi connectivity index (χ2n) is 15.3. The summed E-state index contributed by atoms with van der Waals surface area (Å²) >= 11 is 0. The van der Waals surface area contributed by atoms with Crippen LogP contribution in [-0.2, 0) is 80.6 Å². The van der Waals surface area contributed by atoms with Crippen LogP contribution in [0.2, 0.25) is 0 Å². The first-order valence-electron chi connectivity index (χ1n) is 21.9. The van der Waals surface area contributed by atoms with E-state index in [0.29, 0.717) is 70.5 Å². The summed E-state index contributed by atoms with van der Waals surface area (Å²) in [6, 6.07) is 11.1. The molecule has 3 aliphatic heterocycles. The first kappa shape index (κ1) is 48.9. The topological polar surface area (TPSA) is 203 Å². The molecule has 5 heterocycles. The number of carbonyl (C=O) groups is 5. The van der Waals surface area contributed by atoms with E-state index in [-0.39, 0.29) is 75.8 Å². The van der Waals surface area contributed by atoms with Gasteiger partial charge < -0.3 is 47.2 Å². The molecule has 3 aliphatic rings. The number of carbonyl (C=O) groups excluding carboxylic acids is 5. The zero-order valence-electron chi connectivity index (χ0n) is 36.1. The van der Waals surface area contributed by atoms with Crippen LogP contribution in [-0.4, -0.2) is 117 Å². The molecular weight excluding hydrogens is 873 g/mol. The molecule has 348 valence electrons. The fourth-order valence-corrected chi connectivity index (χ4v) is 10.5. The molecule has 0 radical (unpaired) electrons. The van der Waals surface area contributed by atoms with Crippen LogP contribution in [0.5, 0.6) is 0 Å². The minimum Gasteiger partial charge on any atom is -0.463 e. The molecule has 0 bridgehead atoms. The van der Waals surface area contributed by atoms with Crippen molar-refractivity contribution in [3.05, 3.63) is 63.4 Å². The smallest absolute Gasteiger partial charge is 0.463 e. The van der Waals surface area contributed by atoms with Gasteiger partial charge in [-0.05, 0) is 56.7 Å². The molecule has 0 N–H and O–H groups in total. The van der Waals surface area contributed by atoms with E-state index in [2.05, 4.69) is 0 Å². The summed E-state index contributed by atoms with van der Waals surface area (Å²) in [5.74, 6) is -1.38. The Kier molecular flexibility index (Phi) is 19.3. The number of cyclic esters (lactones) is 1. The van der Waals surface area contributed by atoms with Crippen molar-refractivity contribution in [1.29, 1.82) is 0 Å². The molecule has 1 saturated heterocycles. The highest BCUT2D eigenvalue weighted by molar-refractivity contribution is 8.77. The van der Waals surface area contributed by atoms with Crippen LogP contribution in [0.3, 0.4) is 0 Å². The SMILES string of the molecule is CCC1(OC(=O)OC(=O)CCCC(=O)OCCOCCOCCOCCCOCCOC(=O)CCCCC2CCSS2)C(=O)OCc2c1cc1n(c2=O)Cc2cc3ccccc3nc2-1. The molecule has 0 amide bonds. The average Bonchev–Trinajstić information content (AvgIpc) is 3.94. The van der Waals surface area contributed by atoms with E-state index >= 15 is 0 Å². The van der Waals surface area contributed by atoms with Crippen molar-refractivity contribution in [2.24, 2.45) is 0 Å². The quantitative estimate of drug-likeness (QED) is 0.0215. The largest absolute Gasteiger partial charge is 0.517 e. The molecule has 64 heavy (non-hydrogen) atoms. The zero-order chi connectivity index (χ0) is 45.2. The van der Waals surface area contributed by atoms with Crippen molar-refractivity contribution in [3.63, 3.8) is 0 Å². The van der Waals surface area contributed by atoms with Crippen molar-refractivity contribution in [1.82, 2.24) is 9.55 Å². The molecule has 17 nitrogen and oxygen atoms in total. The van der Waals surface area contributed by atoms with E-state index in [1.54, 1.807) is 17.6 Å². The van der Waals surface area contributed by atoms with Crippen LogP contribution in [0.15, 0.2) is 41.2 Å². The lowest BCUT2D eigenvalue weighted by Gasteiger charge is -2.35. The van der Waals surface area contributed by atoms with Crippen LogP contribution >= 0.6 is 21.6 Å². The number of unbranched alkanes of at least 4 members (excludes halogenated alkanes) is 1. The second kappa shape index (κ2) is 25.2. The third kappa shape index (κ3) is 13.7. The molecule has 0 aliphatic carbocycles. The highest BCUT2D eigenvalue weighted by Gasteiger charge is 2.51. The van der Waals surface area contributed by atoms with Gasteiger partial charge in [0.2, 0.25) is 5.60 Å². The number of ether oxygens (including phenoxy) is 9. The number of nitrogens with zero attached hydrogens (tertiary/aromatic N) is 2. The van der Waals surface area contributed by atoms with E-state index in [0.717, 1.165) is 34.6 Å². The lowest BCUT2D eigenvalue weighted by atomic mass is 9.85. The molecular formula is C45H56N2O15S2. The Bertz CT molecular complexity index is 2140. The van der Waals surface area contributed by atoms with E-state index < -0.39 is 35.2 Å². The molecule has 1 fully saturated rings. The van der Waals surface area contributed by atoms with Crippen LogP contribution in [0.4, 0.5) is 4.79 Å². The third-order valence-corrected chi connectivity index (χ3v) is 13.8. The molecule has 0 spiro atoms. The van der Waals surface area contributed by atoms with Gasteiger partial charge in [0.15, 0.2) is 0 Å². The van der Waals surface area contributed by atoms with Gasteiger partial charge in [-0.2, -0.15) is 0 Å². The number of rotatable bonds is 27. The van der Waals surface area contributed by atoms with E-state index in [9.17, 15) is 28.8 Å². The lowest BCUT2D eigenvalue weighted by molar-refractivity contribution is -0.177. The van der Waals surface area contributed by atoms with Gasteiger partial charge in [0, 0.05) is 60.0 Å². The predicted octanol–water partition coefficient (Wildman–Crippen LogP) is 6.19. The number of para-hydroxylation sites is 1. The number of benzene rings is 1. The minimum atomic E-state index is -2.05. The Hall–Kier alpha value is -4.53. The van der Waals surface area contributed by atoms with E-state index in [1.807, 2.05) is 51.9 Å². The van der Waals surface area contributed by atoms with Gasteiger partial charge in [-0.3, -0.25) is 19.2 Å². The van der Waals surface area contributed by atoms with Crippen molar-refractivity contribution in [3.8, 4) is 11.4 Å². The monoisotopic (exact) mass is 928 g/mol.